The molecule has 0 saturated carbocycles. The van der Waals surface area contributed by atoms with Gasteiger partial charge < -0.3 is 23.9 Å². The lowest BCUT2D eigenvalue weighted by Gasteiger charge is -2.28. The molecule has 0 saturated heterocycles. The van der Waals surface area contributed by atoms with Crippen LogP contribution in [0.2, 0.25) is 0 Å². The number of hydrogen-bond donors (Lipinski definition) is 0. The Morgan fingerprint density at radius 1 is 1.19 bits per heavy atom. The van der Waals surface area contributed by atoms with Gasteiger partial charge in [-0.2, -0.15) is 0 Å². The molecule has 0 amide bonds. The summed E-state index contributed by atoms with van der Waals surface area (Å²) in [6.45, 7) is 5.12. The number of hydrogen-bond acceptors (Lipinski definition) is 4. The van der Waals surface area contributed by atoms with Crippen molar-refractivity contribution in [3.63, 3.8) is 0 Å². The van der Waals surface area contributed by atoms with Gasteiger partial charge in [0.25, 0.3) is 0 Å². The zero-order chi connectivity index (χ0) is 13.0. The fraction of sp³-hybridized carbons (Fsp3) is 0.909. The fourth-order valence-electron chi connectivity index (χ4n) is 1.17. The average Bonchev–Trinajstić information content (AvgIpc) is 2.15. The second kappa shape index (κ2) is 10.9. The van der Waals surface area contributed by atoms with E-state index in [1.807, 2.05) is 0 Å². The van der Waals surface area contributed by atoms with Gasteiger partial charge in [-0.1, -0.05) is 6.92 Å². The quantitative estimate of drug-likeness (QED) is 0.558. The molecule has 16 heavy (non-hydrogen) atoms. The molecule has 5 nitrogen and oxygen atoms in total. The van der Waals surface area contributed by atoms with E-state index in [0.29, 0.717) is 0 Å². The normalized spacial score (nSPS) is 10.6. The molecule has 0 unspecified atom stereocenters. The van der Waals surface area contributed by atoms with Gasteiger partial charge in [0, 0.05) is 14.2 Å². The van der Waals surface area contributed by atoms with Gasteiger partial charge in [0.1, 0.15) is 6.54 Å². The molecule has 0 bridgehead atoms. The van der Waals surface area contributed by atoms with Crippen LogP contribution in [0.25, 0.3) is 0 Å². The van der Waals surface area contributed by atoms with Crippen molar-refractivity contribution in [2.24, 2.45) is 0 Å². The van der Waals surface area contributed by atoms with Crippen molar-refractivity contribution >= 4 is 5.97 Å². The maximum absolute atomic E-state index is 9.36. The predicted molar refractivity (Wildman–Crippen MR) is 60.9 cm³/mol. The van der Waals surface area contributed by atoms with Crippen LogP contribution in [0.3, 0.4) is 0 Å². The highest BCUT2D eigenvalue weighted by Gasteiger charge is 2.11. The van der Waals surface area contributed by atoms with Gasteiger partial charge in [-0.25, -0.2) is 0 Å². The molecular weight excluding hydrogens is 210 g/mol. The van der Waals surface area contributed by atoms with Crippen LogP contribution < -0.4 is 5.11 Å². The summed E-state index contributed by atoms with van der Waals surface area (Å²) in [5.41, 5.74) is 0. The zero-order valence-corrected chi connectivity index (χ0v) is 11.1. The van der Waals surface area contributed by atoms with Crippen molar-refractivity contribution in [1.82, 2.24) is 0 Å². The molecule has 0 aromatic heterocycles. The summed E-state index contributed by atoms with van der Waals surface area (Å²) in [4.78, 5) is 9.36. The molecule has 98 valence electrons. The Morgan fingerprint density at radius 3 is 2.00 bits per heavy atom. The van der Waals surface area contributed by atoms with E-state index in [1.165, 1.54) is 20.1 Å². The number of carbonyl (C=O) groups is 1. The molecule has 5 heteroatoms. The average molecular weight is 235 g/mol. The van der Waals surface area contributed by atoms with E-state index in [2.05, 4.69) is 25.8 Å². The Balaban J connectivity index is 0. The van der Waals surface area contributed by atoms with Gasteiger partial charge in [0.05, 0.1) is 39.8 Å². The Labute approximate surface area is 98.5 Å². The molecule has 0 aliphatic carbocycles. The Kier molecular flexibility index (Phi) is 12.0. The van der Waals surface area contributed by atoms with Crippen LogP contribution in [0.15, 0.2) is 0 Å². The summed E-state index contributed by atoms with van der Waals surface area (Å²) >= 11 is 0. The number of carbonyl (C=O) groups excluding carboxylic acids is 1. The molecule has 0 rings (SSSR count). The molecule has 0 heterocycles. The highest BCUT2D eigenvalue weighted by atomic mass is 16.5. The number of aliphatic carboxylic acids is 1. The molecule has 0 aromatic rings. The van der Waals surface area contributed by atoms with Crippen molar-refractivity contribution in [2.45, 2.75) is 13.3 Å². The second-order valence-corrected chi connectivity index (χ2v) is 4.18. The summed E-state index contributed by atoms with van der Waals surface area (Å²) in [5.74, 6) is -1.18. The van der Waals surface area contributed by atoms with Gasteiger partial charge in [0.15, 0.2) is 0 Å². The lowest BCUT2D eigenvalue weighted by molar-refractivity contribution is -0.890. The van der Waals surface area contributed by atoms with Crippen LogP contribution in [0, 0.1) is 0 Å². The number of rotatable bonds is 7. The molecule has 0 aliphatic heterocycles. The van der Waals surface area contributed by atoms with Crippen LogP contribution in [-0.2, 0) is 14.3 Å². The lowest BCUT2D eigenvalue weighted by Crippen LogP contribution is -2.42. The van der Waals surface area contributed by atoms with Gasteiger partial charge >= 0.3 is 0 Å². The summed E-state index contributed by atoms with van der Waals surface area (Å²) in [6.07, 6.45) is 1.25. The molecule has 0 aliphatic rings. The van der Waals surface area contributed by atoms with E-state index in [4.69, 9.17) is 4.74 Å². The lowest BCUT2D eigenvalue weighted by atomic mass is 10.4. The third kappa shape index (κ3) is 15.8. The van der Waals surface area contributed by atoms with E-state index >= 15 is 0 Å². The Hall–Kier alpha value is -0.650. The monoisotopic (exact) mass is 235 g/mol. The maximum Gasteiger partial charge on any atom is 0.102 e. The third-order valence-corrected chi connectivity index (χ3v) is 1.99. The summed E-state index contributed by atoms with van der Waals surface area (Å²) in [7, 11) is 7.53. The minimum atomic E-state index is -1.18. The van der Waals surface area contributed by atoms with E-state index in [0.717, 1.165) is 17.6 Å². The highest BCUT2D eigenvalue weighted by Crippen LogP contribution is 1.97. The second-order valence-electron chi connectivity index (χ2n) is 4.18. The minimum absolute atomic E-state index is 0.319. The largest absolute Gasteiger partial charge is 0.548 e. The molecule has 0 spiro atoms. The van der Waals surface area contributed by atoms with Crippen molar-refractivity contribution < 1.29 is 23.9 Å². The molecule has 0 fully saturated rings. The van der Waals surface area contributed by atoms with Crippen LogP contribution in [0.1, 0.15) is 13.3 Å². The van der Waals surface area contributed by atoms with E-state index in [-0.39, 0.29) is 6.61 Å². The van der Waals surface area contributed by atoms with Gasteiger partial charge in [-0.3, -0.25) is 0 Å². The maximum atomic E-state index is 9.36. The van der Waals surface area contributed by atoms with E-state index in [1.54, 1.807) is 7.11 Å². The standard InChI is InChI=1S/C8H20NO.C3H6O3/c1-5-6-9(2,3)7-8-10-4;1-6-2-3(4)5/h5-8H2,1-4H3;2H2,1H3,(H,4,5)/q+1;/p-1. The van der Waals surface area contributed by atoms with Gasteiger partial charge in [0.2, 0.25) is 0 Å². The van der Waals surface area contributed by atoms with Crippen LogP contribution in [-0.4, -0.2) is 65.1 Å². The first-order valence-corrected chi connectivity index (χ1v) is 5.39. The highest BCUT2D eigenvalue weighted by molar-refractivity contribution is 5.65. The first-order valence-electron chi connectivity index (χ1n) is 5.39. The number of nitrogens with zero attached hydrogens (tertiary/aromatic N) is 1. The van der Waals surface area contributed by atoms with Crippen molar-refractivity contribution in [3.05, 3.63) is 0 Å². The van der Waals surface area contributed by atoms with Crippen molar-refractivity contribution in [2.75, 3.05) is 54.6 Å². The smallest absolute Gasteiger partial charge is 0.102 e. The number of carboxylic acid groups (broad SMARTS) is 1. The Morgan fingerprint density at radius 2 is 1.75 bits per heavy atom. The first-order chi connectivity index (χ1) is 7.39. The van der Waals surface area contributed by atoms with Crippen LogP contribution >= 0.6 is 0 Å². The van der Waals surface area contributed by atoms with E-state index in [9.17, 15) is 9.90 Å². The van der Waals surface area contributed by atoms with Crippen LogP contribution in [0.5, 0.6) is 0 Å². The van der Waals surface area contributed by atoms with Crippen molar-refractivity contribution in [1.29, 1.82) is 0 Å². The molecule has 0 radical (unpaired) electrons. The number of likely N-dealkylation sites (N-methyl/N-ethyl adjacent to an activating group) is 1. The SMILES string of the molecule is CCC[N+](C)(C)CCOC.COCC(=O)[O-]. The Bertz CT molecular complexity index is 171. The summed E-state index contributed by atoms with van der Waals surface area (Å²) in [5, 5.41) is 9.36. The topological polar surface area (TPSA) is 58.6 Å². The third-order valence-electron chi connectivity index (χ3n) is 1.99. The molecule has 0 aromatic carbocycles. The molecule has 0 N–H and O–H groups in total. The summed E-state index contributed by atoms with van der Waals surface area (Å²) < 4.78 is 10.2. The van der Waals surface area contributed by atoms with Crippen molar-refractivity contribution in [3.8, 4) is 0 Å². The predicted octanol–water partition coefficient (Wildman–Crippen LogP) is -0.498. The zero-order valence-electron chi connectivity index (χ0n) is 11.1. The van der Waals surface area contributed by atoms with E-state index < -0.39 is 5.97 Å². The molecule has 0 atom stereocenters. The number of carboxylic acids is 1. The van der Waals surface area contributed by atoms with Gasteiger partial charge in [-0.15, -0.1) is 0 Å². The minimum Gasteiger partial charge on any atom is -0.548 e. The number of quaternary nitrogens is 1. The van der Waals surface area contributed by atoms with Gasteiger partial charge in [-0.05, 0) is 6.42 Å². The summed E-state index contributed by atoms with van der Waals surface area (Å²) in [6, 6.07) is 0. The number of ether oxygens (including phenoxy) is 2. The number of methoxy groups -OCH3 is 2. The molecular formula is C11H25NO4. The van der Waals surface area contributed by atoms with Crippen LogP contribution in [0.4, 0.5) is 0 Å². The fourth-order valence-corrected chi connectivity index (χ4v) is 1.17. The first kappa shape index (κ1) is 17.7.